The summed E-state index contributed by atoms with van der Waals surface area (Å²) in [6.45, 7) is 3.28. The lowest BCUT2D eigenvalue weighted by molar-refractivity contribution is -0.139. The fourth-order valence-corrected chi connectivity index (χ4v) is 0.666. The molecule has 0 heterocycles. The molecule has 1 N–H and O–H groups in total. The third kappa shape index (κ3) is 8.73. The van der Waals surface area contributed by atoms with Crippen molar-refractivity contribution >= 4 is 11.9 Å². The predicted molar refractivity (Wildman–Crippen MR) is 48.8 cm³/mol. The van der Waals surface area contributed by atoms with E-state index in [1.54, 1.807) is 0 Å². The number of hydrogen-bond acceptors (Lipinski definition) is 4. The van der Waals surface area contributed by atoms with Gasteiger partial charge in [-0.05, 0) is 6.92 Å². The molecule has 0 saturated heterocycles. The Morgan fingerprint density at radius 1 is 1.29 bits per heavy atom. The Hall–Kier alpha value is -1.36. The van der Waals surface area contributed by atoms with Gasteiger partial charge >= 0.3 is 11.9 Å². The third-order valence-electron chi connectivity index (χ3n) is 1.24. The van der Waals surface area contributed by atoms with Gasteiger partial charge < -0.3 is 14.6 Å². The van der Waals surface area contributed by atoms with Crippen LogP contribution >= 0.6 is 0 Å². The quantitative estimate of drug-likeness (QED) is 0.371. The molecule has 0 unspecified atom stereocenters. The minimum Gasteiger partial charge on any atom is -0.478 e. The topological polar surface area (TPSA) is 72.8 Å². The Kier molecular flexibility index (Phi) is 7.45. The Bertz CT molecular complexity index is 209. The lowest BCUT2D eigenvalue weighted by atomic mass is 10.5. The lowest BCUT2D eigenvalue weighted by Gasteiger charge is -2.01. The van der Waals surface area contributed by atoms with Gasteiger partial charge in [-0.3, -0.25) is 0 Å². The van der Waals surface area contributed by atoms with Crippen molar-refractivity contribution in [3.63, 3.8) is 0 Å². The molecule has 5 nitrogen and oxygen atoms in total. The van der Waals surface area contributed by atoms with E-state index < -0.39 is 11.9 Å². The van der Waals surface area contributed by atoms with Crippen molar-refractivity contribution < 1.29 is 24.2 Å². The largest absolute Gasteiger partial charge is 0.478 e. The summed E-state index contributed by atoms with van der Waals surface area (Å²) in [5.74, 6) is -1.82. The molecule has 0 aliphatic heterocycles. The Morgan fingerprint density at radius 2 is 2.00 bits per heavy atom. The first kappa shape index (κ1) is 12.6. The fourth-order valence-electron chi connectivity index (χ4n) is 0.666. The van der Waals surface area contributed by atoms with E-state index in [0.29, 0.717) is 19.6 Å². The minimum absolute atomic E-state index is 0.239. The van der Waals surface area contributed by atoms with Gasteiger partial charge in [-0.2, -0.15) is 0 Å². The smallest absolute Gasteiger partial charge is 0.331 e. The molecule has 0 aliphatic carbocycles. The van der Waals surface area contributed by atoms with Crippen LogP contribution in [0.2, 0.25) is 0 Å². The van der Waals surface area contributed by atoms with E-state index in [-0.39, 0.29) is 6.61 Å². The molecular formula is C9H14O5. The number of aliphatic carboxylic acids is 1. The molecule has 0 amide bonds. The van der Waals surface area contributed by atoms with Crippen molar-refractivity contribution in [2.45, 2.75) is 13.3 Å². The van der Waals surface area contributed by atoms with Crippen molar-refractivity contribution in [3.8, 4) is 0 Å². The van der Waals surface area contributed by atoms with E-state index in [2.05, 4.69) is 4.74 Å². The molecule has 0 aromatic carbocycles. The average molecular weight is 202 g/mol. The number of carboxylic acids is 1. The van der Waals surface area contributed by atoms with Crippen LogP contribution in [0.5, 0.6) is 0 Å². The summed E-state index contributed by atoms with van der Waals surface area (Å²) < 4.78 is 9.68. The van der Waals surface area contributed by atoms with Crippen molar-refractivity contribution in [2.24, 2.45) is 0 Å². The molecule has 0 saturated carbocycles. The fraction of sp³-hybridized carbons (Fsp3) is 0.556. The zero-order valence-corrected chi connectivity index (χ0v) is 8.06. The zero-order chi connectivity index (χ0) is 10.8. The molecule has 5 heteroatoms. The van der Waals surface area contributed by atoms with Gasteiger partial charge in [-0.25, -0.2) is 9.59 Å². The van der Waals surface area contributed by atoms with Crippen LogP contribution in [-0.2, 0) is 19.1 Å². The number of esters is 1. The first-order valence-corrected chi connectivity index (χ1v) is 4.32. The number of rotatable bonds is 7. The van der Waals surface area contributed by atoms with E-state index >= 15 is 0 Å². The standard InChI is InChI=1S/C9H14O5/c1-2-13-6-3-7-14-9(12)5-4-8(10)11/h4-5H,2-3,6-7H2,1H3,(H,10,11)/b5-4-. The highest BCUT2D eigenvalue weighted by Gasteiger charge is 1.97. The monoisotopic (exact) mass is 202 g/mol. The van der Waals surface area contributed by atoms with Gasteiger partial charge in [0.15, 0.2) is 0 Å². The highest BCUT2D eigenvalue weighted by Crippen LogP contribution is 1.87. The summed E-state index contributed by atoms with van der Waals surface area (Å²) in [5.41, 5.74) is 0. The summed E-state index contributed by atoms with van der Waals surface area (Å²) in [6, 6.07) is 0. The maximum atomic E-state index is 10.8. The molecular weight excluding hydrogens is 188 g/mol. The number of ether oxygens (including phenoxy) is 2. The summed E-state index contributed by atoms with van der Waals surface area (Å²) in [4.78, 5) is 20.8. The Morgan fingerprint density at radius 3 is 2.57 bits per heavy atom. The van der Waals surface area contributed by atoms with Crippen LogP contribution in [0.3, 0.4) is 0 Å². The first-order valence-electron chi connectivity index (χ1n) is 4.32. The summed E-state index contributed by atoms with van der Waals surface area (Å²) in [7, 11) is 0. The molecule has 0 fully saturated rings. The predicted octanol–water partition coefficient (Wildman–Crippen LogP) is 0.597. The van der Waals surface area contributed by atoms with Gasteiger partial charge in [-0.1, -0.05) is 0 Å². The molecule has 14 heavy (non-hydrogen) atoms. The van der Waals surface area contributed by atoms with E-state index in [1.165, 1.54) is 0 Å². The summed E-state index contributed by atoms with van der Waals surface area (Å²) >= 11 is 0. The molecule has 0 spiro atoms. The highest BCUT2D eigenvalue weighted by molar-refractivity contribution is 5.90. The maximum Gasteiger partial charge on any atom is 0.331 e. The van der Waals surface area contributed by atoms with Crippen LogP contribution in [-0.4, -0.2) is 36.9 Å². The minimum atomic E-state index is -1.17. The third-order valence-corrected chi connectivity index (χ3v) is 1.24. The highest BCUT2D eigenvalue weighted by atomic mass is 16.5. The SMILES string of the molecule is CCOCCCOC(=O)/C=C\C(=O)O. The van der Waals surface area contributed by atoms with Crippen LogP contribution < -0.4 is 0 Å². The van der Waals surface area contributed by atoms with Crippen LogP contribution in [0.15, 0.2) is 12.2 Å². The maximum absolute atomic E-state index is 10.8. The van der Waals surface area contributed by atoms with Crippen LogP contribution in [0.1, 0.15) is 13.3 Å². The molecule has 0 aromatic rings. The van der Waals surface area contributed by atoms with Crippen molar-refractivity contribution in [3.05, 3.63) is 12.2 Å². The van der Waals surface area contributed by atoms with Crippen LogP contribution in [0, 0.1) is 0 Å². The van der Waals surface area contributed by atoms with E-state index in [0.717, 1.165) is 12.2 Å². The molecule has 0 radical (unpaired) electrons. The van der Waals surface area contributed by atoms with Crippen molar-refractivity contribution in [1.82, 2.24) is 0 Å². The molecule has 0 aliphatic rings. The van der Waals surface area contributed by atoms with Gasteiger partial charge in [0.05, 0.1) is 6.61 Å². The molecule has 80 valence electrons. The number of hydrogen-bond donors (Lipinski definition) is 1. The second kappa shape index (κ2) is 8.25. The molecule has 0 atom stereocenters. The summed E-state index contributed by atoms with van der Waals surface area (Å²) in [5, 5.41) is 8.19. The average Bonchev–Trinajstić information content (AvgIpc) is 2.14. The van der Waals surface area contributed by atoms with Gasteiger partial charge in [0.2, 0.25) is 0 Å². The van der Waals surface area contributed by atoms with Gasteiger partial charge in [0.1, 0.15) is 0 Å². The van der Waals surface area contributed by atoms with E-state index in [4.69, 9.17) is 9.84 Å². The van der Waals surface area contributed by atoms with Gasteiger partial charge in [0.25, 0.3) is 0 Å². The van der Waals surface area contributed by atoms with Crippen LogP contribution in [0.4, 0.5) is 0 Å². The Balaban J connectivity index is 3.40. The number of carbonyl (C=O) groups is 2. The second-order valence-electron chi connectivity index (χ2n) is 2.39. The lowest BCUT2D eigenvalue weighted by Crippen LogP contribution is -2.06. The van der Waals surface area contributed by atoms with E-state index in [9.17, 15) is 9.59 Å². The van der Waals surface area contributed by atoms with E-state index in [1.807, 2.05) is 6.92 Å². The zero-order valence-electron chi connectivity index (χ0n) is 8.06. The van der Waals surface area contributed by atoms with Crippen LogP contribution in [0.25, 0.3) is 0 Å². The molecule has 0 aromatic heterocycles. The number of carbonyl (C=O) groups excluding carboxylic acids is 1. The van der Waals surface area contributed by atoms with Crippen molar-refractivity contribution in [1.29, 1.82) is 0 Å². The second-order valence-corrected chi connectivity index (χ2v) is 2.39. The Labute approximate surface area is 82.3 Å². The normalized spacial score (nSPS) is 10.4. The number of carboxylic acid groups (broad SMARTS) is 1. The van der Waals surface area contributed by atoms with Gasteiger partial charge in [0, 0.05) is 31.8 Å². The van der Waals surface area contributed by atoms with Crippen molar-refractivity contribution in [2.75, 3.05) is 19.8 Å². The van der Waals surface area contributed by atoms with Gasteiger partial charge in [-0.15, -0.1) is 0 Å². The molecule has 0 rings (SSSR count). The first-order chi connectivity index (χ1) is 6.66. The summed E-state index contributed by atoms with van der Waals surface area (Å²) in [6.07, 6.45) is 2.23. The molecule has 0 bridgehead atoms.